The molecule has 1 aromatic heterocycles. The lowest BCUT2D eigenvalue weighted by Gasteiger charge is -2.11. The Balaban J connectivity index is 2.15. The monoisotopic (exact) mass is 271 g/mol. The van der Waals surface area contributed by atoms with Gasteiger partial charge in [-0.2, -0.15) is 0 Å². The Morgan fingerprint density at radius 3 is 2.90 bits per heavy atom. The molecule has 0 radical (unpaired) electrons. The number of hydrogen-bond acceptors (Lipinski definition) is 4. The fourth-order valence-electron chi connectivity index (χ4n) is 1.86. The Bertz CT molecular complexity index is 599. The lowest BCUT2D eigenvalue weighted by Crippen LogP contribution is -2.14. The minimum Gasteiger partial charge on any atom is -0.384 e. The van der Waals surface area contributed by atoms with E-state index in [1.165, 1.54) is 6.20 Å². The van der Waals surface area contributed by atoms with Gasteiger partial charge in [-0.15, -0.1) is 0 Å². The number of nitrogen functional groups attached to an aromatic ring is 1. The van der Waals surface area contributed by atoms with Crippen LogP contribution in [0.3, 0.4) is 0 Å². The van der Waals surface area contributed by atoms with E-state index in [0.717, 1.165) is 17.7 Å². The Labute approximate surface area is 117 Å². The van der Waals surface area contributed by atoms with Gasteiger partial charge in [0.15, 0.2) is 0 Å². The predicted molar refractivity (Wildman–Crippen MR) is 78.6 cm³/mol. The van der Waals surface area contributed by atoms with Crippen molar-refractivity contribution in [3.05, 3.63) is 53.7 Å². The summed E-state index contributed by atoms with van der Waals surface area (Å²) < 4.78 is 5.07. The topological polar surface area (TPSA) is 77.2 Å². The van der Waals surface area contributed by atoms with Crippen molar-refractivity contribution in [1.82, 2.24) is 4.98 Å². The summed E-state index contributed by atoms with van der Waals surface area (Å²) in [6, 6.07) is 10.8. The number of methoxy groups -OCH3 is 1. The van der Waals surface area contributed by atoms with E-state index >= 15 is 0 Å². The maximum absolute atomic E-state index is 12.2. The zero-order chi connectivity index (χ0) is 14.4. The van der Waals surface area contributed by atoms with Crippen LogP contribution in [0.25, 0.3) is 0 Å². The number of aromatic nitrogens is 1. The number of pyridine rings is 1. The molecule has 0 aliphatic rings. The van der Waals surface area contributed by atoms with E-state index in [1.807, 2.05) is 24.3 Å². The second kappa shape index (κ2) is 6.68. The van der Waals surface area contributed by atoms with Crippen molar-refractivity contribution in [2.75, 3.05) is 24.8 Å². The Hall–Kier alpha value is -2.40. The van der Waals surface area contributed by atoms with Crippen LogP contribution in [0.2, 0.25) is 0 Å². The van der Waals surface area contributed by atoms with Gasteiger partial charge in [-0.25, -0.2) is 4.98 Å². The van der Waals surface area contributed by atoms with Crippen LogP contribution >= 0.6 is 0 Å². The molecule has 5 heteroatoms. The first-order chi connectivity index (χ1) is 9.70. The largest absolute Gasteiger partial charge is 0.384 e. The summed E-state index contributed by atoms with van der Waals surface area (Å²) in [5, 5.41) is 2.89. The van der Waals surface area contributed by atoms with Crippen molar-refractivity contribution in [2.45, 2.75) is 6.42 Å². The molecule has 0 atom stereocenters. The Morgan fingerprint density at radius 1 is 1.35 bits per heavy atom. The number of carbonyl (C=O) groups is 1. The summed E-state index contributed by atoms with van der Waals surface area (Å²) in [7, 11) is 1.65. The maximum atomic E-state index is 12.2. The highest BCUT2D eigenvalue weighted by Gasteiger charge is 2.09. The Kier molecular flexibility index (Phi) is 4.68. The average Bonchev–Trinajstić information content (AvgIpc) is 2.46. The van der Waals surface area contributed by atoms with Crippen LogP contribution in [-0.2, 0) is 11.2 Å². The van der Waals surface area contributed by atoms with E-state index < -0.39 is 0 Å². The molecule has 0 aliphatic heterocycles. The number of benzene rings is 1. The first kappa shape index (κ1) is 14.0. The zero-order valence-electron chi connectivity index (χ0n) is 11.3. The third kappa shape index (κ3) is 3.55. The molecule has 0 saturated heterocycles. The number of amides is 1. The van der Waals surface area contributed by atoms with E-state index in [1.54, 1.807) is 19.2 Å². The molecule has 0 fully saturated rings. The highest BCUT2D eigenvalue weighted by atomic mass is 16.5. The first-order valence-electron chi connectivity index (χ1n) is 6.30. The number of rotatable bonds is 5. The van der Waals surface area contributed by atoms with Crippen LogP contribution in [0.1, 0.15) is 15.9 Å². The van der Waals surface area contributed by atoms with Crippen molar-refractivity contribution in [2.24, 2.45) is 0 Å². The molecule has 3 N–H and O–H groups in total. The van der Waals surface area contributed by atoms with Crippen molar-refractivity contribution in [3.63, 3.8) is 0 Å². The highest BCUT2D eigenvalue weighted by Crippen LogP contribution is 2.17. The number of ether oxygens (including phenoxy) is 1. The van der Waals surface area contributed by atoms with Crippen molar-refractivity contribution >= 4 is 17.4 Å². The van der Waals surface area contributed by atoms with Gasteiger partial charge in [0.25, 0.3) is 5.91 Å². The zero-order valence-corrected chi connectivity index (χ0v) is 11.3. The predicted octanol–water partition coefficient (Wildman–Crippen LogP) is 2.10. The van der Waals surface area contributed by atoms with Crippen LogP contribution in [0.5, 0.6) is 0 Å². The molecule has 0 unspecified atom stereocenters. The SMILES string of the molecule is COCCc1ccccc1NC(=O)c1ccnc(N)c1. The van der Waals surface area contributed by atoms with Gasteiger partial charge in [0.05, 0.1) is 6.61 Å². The molecular weight excluding hydrogens is 254 g/mol. The summed E-state index contributed by atoms with van der Waals surface area (Å²) in [4.78, 5) is 16.0. The summed E-state index contributed by atoms with van der Waals surface area (Å²) in [5.41, 5.74) is 7.88. The van der Waals surface area contributed by atoms with E-state index in [2.05, 4.69) is 10.3 Å². The molecule has 1 amide bonds. The smallest absolute Gasteiger partial charge is 0.255 e. The number of hydrogen-bond donors (Lipinski definition) is 2. The lowest BCUT2D eigenvalue weighted by molar-refractivity contribution is 0.102. The van der Waals surface area contributed by atoms with Crippen LogP contribution in [0, 0.1) is 0 Å². The number of anilines is 2. The van der Waals surface area contributed by atoms with E-state index in [0.29, 0.717) is 18.0 Å². The number of carbonyl (C=O) groups excluding carboxylic acids is 1. The number of nitrogens with zero attached hydrogens (tertiary/aromatic N) is 1. The van der Waals surface area contributed by atoms with Crippen LogP contribution < -0.4 is 11.1 Å². The van der Waals surface area contributed by atoms with E-state index in [-0.39, 0.29) is 5.91 Å². The summed E-state index contributed by atoms with van der Waals surface area (Å²) in [5.74, 6) is 0.120. The first-order valence-corrected chi connectivity index (χ1v) is 6.30. The number of nitrogens with one attached hydrogen (secondary N) is 1. The van der Waals surface area contributed by atoms with Crippen molar-refractivity contribution in [3.8, 4) is 0 Å². The fourth-order valence-corrected chi connectivity index (χ4v) is 1.86. The van der Waals surface area contributed by atoms with Gasteiger partial charge in [-0.05, 0) is 30.2 Å². The second-order valence-electron chi connectivity index (χ2n) is 4.32. The molecule has 104 valence electrons. The number of para-hydroxylation sites is 1. The van der Waals surface area contributed by atoms with Gasteiger partial charge in [-0.3, -0.25) is 4.79 Å². The second-order valence-corrected chi connectivity index (χ2v) is 4.32. The molecule has 1 heterocycles. The van der Waals surface area contributed by atoms with Gasteiger partial charge in [-0.1, -0.05) is 18.2 Å². The molecule has 0 saturated carbocycles. The molecule has 2 rings (SSSR count). The third-order valence-electron chi connectivity index (χ3n) is 2.88. The van der Waals surface area contributed by atoms with Gasteiger partial charge in [0, 0.05) is 24.6 Å². The third-order valence-corrected chi connectivity index (χ3v) is 2.88. The van der Waals surface area contributed by atoms with Crippen LogP contribution in [-0.4, -0.2) is 24.6 Å². The molecule has 5 nitrogen and oxygen atoms in total. The summed E-state index contributed by atoms with van der Waals surface area (Å²) in [6.07, 6.45) is 2.26. The maximum Gasteiger partial charge on any atom is 0.255 e. The molecule has 0 aliphatic carbocycles. The van der Waals surface area contributed by atoms with Crippen molar-refractivity contribution in [1.29, 1.82) is 0 Å². The normalized spacial score (nSPS) is 10.2. The lowest BCUT2D eigenvalue weighted by atomic mass is 10.1. The molecule has 1 aromatic carbocycles. The fraction of sp³-hybridized carbons (Fsp3) is 0.200. The number of nitrogens with two attached hydrogens (primary N) is 1. The van der Waals surface area contributed by atoms with E-state index in [9.17, 15) is 4.79 Å². The van der Waals surface area contributed by atoms with Gasteiger partial charge in [0.1, 0.15) is 5.82 Å². The van der Waals surface area contributed by atoms with Gasteiger partial charge < -0.3 is 15.8 Å². The average molecular weight is 271 g/mol. The highest BCUT2D eigenvalue weighted by molar-refractivity contribution is 6.04. The van der Waals surface area contributed by atoms with Crippen LogP contribution in [0.15, 0.2) is 42.6 Å². The van der Waals surface area contributed by atoms with E-state index in [4.69, 9.17) is 10.5 Å². The Morgan fingerprint density at radius 2 is 2.15 bits per heavy atom. The molecule has 20 heavy (non-hydrogen) atoms. The quantitative estimate of drug-likeness (QED) is 0.873. The minimum atomic E-state index is -0.205. The molecular formula is C15H17N3O2. The molecule has 0 spiro atoms. The minimum absolute atomic E-state index is 0.205. The summed E-state index contributed by atoms with van der Waals surface area (Å²) in [6.45, 7) is 0.606. The van der Waals surface area contributed by atoms with Gasteiger partial charge >= 0.3 is 0 Å². The summed E-state index contributed by atoms with van der Waals surface area (Å²) >= 11 is 0. The molecule has 0 bridgehead atoms. The van der Waals surface area contributed by atoms with Crippen molar-refractivity contribution < 1.29 is 9.53 Å². The molecule has 2 aromatic rings. The van der Waals surface area contributed by atoms with Gasteiger partial charge in [0.2, 0.25) is 0 Å². The van der Waals surface area contributed by atoms with Crippen LogP contribution in [0.4, 0.5) is 11.5 Å². The standard InChI is InChI=1S/C15H17N3O2/c1-20-9-7-11-4-2-3-5-13(11)18-15(19)12-6-8-17-14(16)10-12/h2-6,8,10H,7,9H2,1H3,(H2,16,17)(H,18,19).